The molecule has 0 unspecified atom stereocenters. The molecule has 1 heterocycles. The molecule has 23 heavy (non-hydrogen) atoms. The number of aromatic amines is 1. The number of H-pyrrole nitrogens is 1. The van der Waals surface area contributed by atoms with Crippen molar-refractivity contribution in [1.29, 1.82) is 0 Å². The Balaban J connectivity index is 1.71. The zero-order chi connectivity index (χ0) is 16.4. The van der Waals surface area contributed by atoms with Gasteiger partial charge in [-0.25, -0.2) is 4.39 Å². The summed E-state index contributed by atoms with van der Waals surface area (Å²) in [6, 6.07) is 12.6. The molecular weight excluding hydrogens is 291 g/mol. The topological polar surface area (TPSA) is 44.9 Å². The first-order chi connectivity index (χ1) is 11.0. The van der Waals surface area contributed by atoms with Crippen LogP contribution in [0.15, 0.2) is 42.5 Å². The van der Waals surface area contributed by atoms with E-state index in [1.807, 2.05) is 38.1 Å². The molecule has 3 aromatic rings. The van der Waals surface area contributed by atoms with Crippen LogP contribution in [0.3, 0.4) is 0 Å². The normalized spacial score (nSPS) is 10.9. The van der Waals surface area contributed by atoms with E-state index in [2.05, 4.69) is 10.3 Å². The van der Waals surface area contributed by atoms with Gasteiger partial charge in [0.05, 0.1) is 6.42 Å². The summed E-state index contributed by atoms with van der Waals surface area (Å²) in [7, 11) is 0. The molecule has 0 fully saturated rings. The van der Waals surface area contributed by atoms with E-state index in [9.17, 15) is 9.18 Å². The number of hydrogen-bond acceptors (Lipinski definition) is 1. The van der Waals surface area contributed by atoms with Crippen molar-refractivity contribution >= 4 is 16.8 Å². The van der Waals surface area contributed by atoms with Crippen molar-refractivity contribution in [2.24, 2.45) is 0 Å². The molecule has 1 amide bonds. The van der Waals surface area contributed by atoms with Gasteiger partial charge in [0.15, 0.2) is 0 Å². The van der Waals surface area contributed by atoms with Crippen molar-refractivity contribution in [1.82, 2.24) is 10.3 Å². The fourth-order valence-corrected chi connectivity index (χ4v) is 2.71. The molecule has 0 saturated heterocycles. The highest BCUT2D eigenvalue weighted by molar-refractivity contribution is 5.90. The lowest BCUT2D eigenvalue weighted by molar-refractivity contribution is -0.120. The first-order valence-corrected chi connectivity index (χ1v) is 7.62. The lowest BCUT2D eigenvalue weighted by Gasteiger charge is -2.06. The van der Waals surface area contributed by atoms with Crippen molar-refractivity contribution in [2.75, 3.05) is 0 Å². The highest BCUT2D eigenvalue weighted by atomic mass is 19.1. The Morgan fingerprint density at radius 1 is 1.13 bits per heavy atom. The summed E-state index contributed by atoms with van der Waals surface area (Å²) in [6.07, 6.45) is 0.237. The third-order valence-electron chi connectivity index (χ3n) is 4.03. The second kappa shape index (κ2) is 6.24. The second-order valence-electron chi connectivity index (χ2n) is 5.86. The number of aryl methyl sites for hydroxylation is 2. The molecule has 0 radical (unpaired) electrons. The van der Waals surface area contributed by atoms with Gasteiger partial charge in [0, 0.05) is 23.1 Å². The Kier molecular flexibility index (Phi) is 4.15. The minimum absolute atomic E-state index is 0.0705. The maximum Gasteiger partial charge on any atom is 0.224 e. The van der Waals surface area contributed by atoms with Gasteiger partial charge >= 0.3 is 0 Å². The standard InChI is InChI=1S/C19H19FN2O/c1-12-3-5-14(6-4-12)11-21-19(23)10-16-13(2)22-18-8-7-15(20)9-17(16)18/h3-9,22H,10-11H2,1-2H3,(H,21,23). The molecule has 0 spiro atoms. The first kappa shape index (κ1) is 15.3. The molecule has 0 bridgehead atoms. The van der Waals surface area contributed by atoms with Gasteiger partial charge in [0.1, 0.15) is 5.82 Å². The van der Waals surface area contributed by atoms with E-state index in [1.54, 1.807) is 6.07 Å². The molecule has 1 aromatic heterocycles. The number of nitrogens with one attached hydrogen (secondary N) is 2. The van der Waals surface area contributed by atoms with Crippen LogP contribution in [0.4, 0.5) is 4.39 Å². The van der Waals surface area contributed by atoms with Gasteiger partial charge in [0.25, 0.3) is 0 Å². The molecule has 0 aliphatic heterocycles. The lowest BCUT2D eigenvalue weighted by Crippen LogP contribution is -2.24. The number of carbonyl (C=O) groups excluding carboxylic acids is 1. The quantitative estimate of drug-likeness (QED) is 0.757. The van der Waals surface area contributed by atoms with Gasteiger partial charge in [-0.15, -0.1) is 0 Å². The molecule has 0 aliphatic rings. The van der Waals surface area contributed by atoms with Crippen LogP contribution in [0.25, 0.3) is 10.9 Å². The first-order valence-electron chi connectivity index (χ1n) is 7.62. The lowest BCUT2D eigenvalue weighted by atomic mass is 10.1. The van der Waals surface area contributed by atoms with Gasteiger partial charge in [0.2, 0.25) is 5.91 Å². The molecule has 0 saturated carbocycles. The fraction of sp³-hybridized carbons (Fsp3) is 0.211. The predicted octanol–water partition coefficient (Wildman–Crippen LogP) is 3.78. The number of benzene rings is 2. The molecule has 0 aliphatic carbocycles. The highest BCUT2D eigenvalue weighted by Crippen LogP contribution is 2.23. The average molecular weight is 310 g/mol. The summed E-state index contributed by atoms with van der Waals surface area (Å²) >= 11 is 0. The van der Waals surface area contributed by atoms with E-state index in [-0.39, 0.29) is 18.1 Å². The summed E-state index contributed by atoms with van der Waals surface area (Å²) in [4.78, 5) is 15.4. The number of rotatable bonds is 4. The smallest absolute Gasteiger partial charge is 0.224 e. The van der Waals surface area contributed by atoms with Gasteiger partial charge in [-0.3, -0.25) is 4.79 Å². The summed E-state index contributed by atoms with van der Waals surface area (Å²) in [6.45, 7) is 4.43. The maximum absolute atomic E-state index is 13.5. The zero-order valence-corrected chi connectivity index (χ0v) is 13.2. The molecule has 3 rings (SSSR count). The van der Waals surface area contributed by atoms with Crippen molar-refractivity contribution in [2.45, 2.75) is 26.8 Å². The summed E-state index contributed by atoms with van der Waals surface area (Å²) in [5.41, 5.74) is 4.85. The van der Waals surface area contributed by atoms with E-state index >= 15 is 0 Å². The van der Waals surface area contributed by atoms with Crippen LogP contribution < -0.4 is 5.32 Å². The summed E-state index contributed by atoms with van der Waals surface area (Å²) in [5, 5.41) is 3.69. The highest BCUT2D eigenvalue weighted by Gasteiger charge is 2.13. The van der Waals surface area contributed by atoms with Crippen LogP contribution in [-0.2, 0) is 17.8 Å². The van der Waals surface area contributed by atoms with Gasteiger partial charge in [-0.05, 0) is 43.2 Å². The minimum Gasteiger partial charge on any atom is -0.358 e. The summed E-state index contributed by atoms with van der Waals surface area (Å²) < 4.78 is 13.5. The second-order valence-corrected chi connectivity index (χ2v) is 5.86. The fourth-order valence-electron chi connectivity index (χ4n) is 2.71. The number of halogens is 1. The van der Waals surface area contributed by atoms with Crippen LogP contribution >= 0.6 is 0 Å². The Morgan fingerprint density at radius 3 is 2.61 bits per heavy atom. The van der Waals surface area contributed by atoms with E-state index in [1.165, 1.54) is 17.7 Å². The predicted molar refractivity (Wildman–Crippen MR) is 89.7 cm³/mol. The number of amides is 1. The number of hydrogen-bond donors (Lipinski definition) is 2. The van der Waals surface area contributed by atoms with Crippen LogP contribution in [0, 0.1) is 19.7 Å². The van der Waals surface area contributed by atoms with Crippen molar-refractivity contribution in [3.8, 4) is 0 Å². The number of fused-ring (bicyclic) bond motifs is 1. The molecule has 3 nitrogen and oxygen atoms in total. The monoisotopic (exact) mass is 310 g/mol. The van der Waals surface area contributed by atoms with Crippen molar-refractivity contribution < 1.29 is 9.18 Å². The van der Waals surface area contributed by atoms with E-state index in [4.69, 9.17) is 0 Å². The Bertz CT molecular complexity index is 850. The number of carbonyl (C=O) groups is 1. The number of aromatic nitrogens is 1. The Morgan fingerprint density at radius 2 is 1.87 bits per heavy atom. The third-order valence-corrected chi connectivity index (χ3v) is 4.03. The van der Waals surface area contributed by atoms with Gasteiger partial charge in [-0.2, -0.15) is 0 Å². The molecule has 4 heteroatoms. The van der Waals surface area contributed by atoms with E-state index < -0.39 is 0 Å². The Labute approximate surface area is 134 Å². The van der Waals surface area contributed by atoms with Gasteiger partial charge < -0.3 is 10.3 Å². The van der Waals surface area contributed by atoms with Crippen LogP contribution in [0.5, 0.6) is 0 Å². The summed E-state index contributed by atoms with van der Waals surface area (Å²) in [5.74, 6) is -0.364. The maximum atomic E-state index is 13.5. The molecule has 0 atom stereocenters. The van der Waals surface area contributed by atoms with E-state index in [0.29, 0.717) is 6.54 Å². The van der Waals surface area contributed by atoms with Crippen LogP contribution in [-0.4, -0.2) is 10.9 Å². The molecule has 118 valence electrons. The molecular formula is C19H19FN2O. The van der Waals surface area contributed by atoms with Crippen molar-refractivity contribution in [3.05, 3.63) is 70.7 Å². The van der Waals surface area contributed by atoms with Crippen LogP contribution in [0.2, 0.25) is 0 Å². The molecule has 2 aromatic carbocycles. The molecule has 2 N–H and O–H groups in total. The third kappa shape index (κ3) is 3.42. The van der Waals surface area contributed by atoms with Gasteiger partial charge in [-0.1, -0.05) is 29.8 Å². The van der Waals surface area contributed by atoms with E-state index in [0.717, 1.165) is 27.7 Å². The Hall–Kier alpha value is -2.62. The minimum atomic E-state index is -0.294. The zero-order valence-electron chi connectivity index (χ0n) is 13.2. The van der Waals surface area contributed by atoms with Crippen molar-refractivity contribution in [3.63, 3.8) is 0 Å². The SMILES string of the molecule is Cc1ccc(CNC(=O)Cc2c(C)[nH]c3ccc(F)cc23)cc1. The average Bonchev–Trinajstić information content (AvgIpc) is 2.82. The van der Waals surface area contributed by atoms with Crippen LogP contribution in [0.1, 0.15) is 22.4 Å². The largest absolute Gasteiger partial charge is 0.358 e.